The summed E-state index contributed by atoms with van der Waals surface area (Å²) in [6, 6.07) is 11.1. The van der Waals surface area contributed by atoms with Gasteiger partial charge in [-0.25, -0.2) is 4.39 Å². The van der Waals surface area contributed by atoms with E-state index in [1.54, 1.807) is 24.3 Å². The molecule has 2 aliphatic heterocycles. The molecular formula is C18H16FN3O3. The predicted molar refractivity (Wildman–Crippen MR) is 89.7 cm³/mol. The van der Waals surface area contributed by atoms with E-state index in [0.717, 1.165) is 0 Å². The van der Waals surface area contributed by atoms with Gasteiger partial charge in [0, 0.05) is 24.9 Å². The first kappa shape index (κ1) is 15.6. The Bertz CT molecular complexity index is 886. The Hall–Kier alpha value is -2.93. The molecule has 1 atom stereocenters. The Labute approximate surface area is 143 Å². The third kappa shape index (κ3) is 2.12. The molecule has 0 saturated heterocycles. The van der Waals surface area contributed by atoms with Crippen LogP contribution in [0.25, 0.3) is 0 Å². The number of nitrogens with zero attached hydrogens (tertiary/aromatic N) is 1. The van der Waals surface area contributed by atoms with Crippen molar-refractivity contribution < 1.29 is 18.7 Å². The Morgan fingerprint density at radius 1 is 1.16 bits per heavy atom. The van der Waals surface area contributed by atoms with Crippen LogP contribution in [0.4, 0.5) is 15.8 Å². The number of carbonyl (C=O) groups excluding carboxylic acids is 2. The fraction of sp³-hybridized carbons (Fsp3) is 0.222. The van der Waals surface area contributed by atoms with Gasteiger partial charge < -0.3 is 20.3 Å². The highest BCUT2D eigenvalue weighted by atomic mass is 19.1. The minimum atomic E-state index is -1.42. The van der Waals surface area contributed by atoms with Gasteiger partial charge in [-0.2, -0.15) is 0 Å². The van der Waals surface area contributed by atoms with Gasteiger partial charge in [0.25, 0.3) is 11.8 Å². The number of anilines is 2. The minimum Gasteiger partial charge on any atom is -0.383 e. The normalized spacial score (nSPS) is 21.0. The zero-order chi connectivity index (χ0) is 17.6. The van der Waals surface area contributed by atoms with Crippen LogP contribution in [0.3, 0.4) is 0 Å². The zero-order valence-corrected chi connectivity index (χ0v) is 13.5. The molecule has 0 radical (unpaired) electrons. The lowest BCUT2D eigenvalue weighted by molar-refractivity contribution is -0.125. The molecule has 2 heterocycles. The van der Waals surface area contributed by atoms with Gasteiger partial charge in [-0.3, -0.25) is 9.59 Å². The lowest BCUT2D eigenvalue weighted by atomic mass is 9.93. The first-order valence-electron chi connectivity index (χ1n) is 7.87. The van der Waals surface area contributed by atoms with E-state index in [-0.39, 0.29) is 19.1 Å². The third-order valence-corrected chi connectivity index (χ3v) is 4.59. The van der Waals surface area contributed by atoms with Crippen LogP contribution in [0.1, 0.15) is 15.9 Å². The number of para-hydroxylation sites is 1. The number of hydrogen-bond donors (Lipinski definition) is 2. The van der Waals surface area contributed by atoms with Gasteiger partial charge >= 0.3 is 0 Å². The number of hydrogen-bond acceptors (Lipinski definition) is 4. The first-order chi connectivity index (χ1) is 12.1. The summed E-state index contributed by atoms with van der Waals surface area (Å²) in [6.45, 7) is 0.474. The first-order valence-corrected chi connectivity index (χ1v) is 7.87. The Kier molecular flexibility index (Phi) is 3.47. The minimum absolute atomic E-state index is 0.209. The van der Waals surface area contributed by atoms with E-state index in [1.165, 1.54) is 30.2 Å². The van der Waals surface area contributed by atoms with Crippen molar-refractivity contribution in [3.63, 3.8) is 0 Å². The molecular weight excluding hydrogens is 325 g/mol. The van der Waals surface area contributed by atoms with Crippen molar-refractivity contribution in [2.75, 3.05) is 30.9 Å². The summed E-state index contributed by atoms with van der Waals surface area (Å²) in [4.78, 5) is 27.4. The van der Waals surface area contributed by atoms with Crippen LogP contribution in [0.15, 0.2) is 42.5 Å². The number of halogens is 1. The van der Waals surface area contributed by atoms with E-state index >= 15 is 0 Å². The highest BCUT2D eigenvalue weighted by Gasteiger charge is 2.56. The fourth-order valence-electron chi connectivity index (χ4n) is 3.45. The van der Waals surface area contributed by atoms with Crippen molar-refractivity contribution in [3.8, 4) is 0 Å². The van der Waals surface area contributed by atoms with Gasteiger partial charge in [0.05, 0.1) is 17.9 Å². The summed E-state index contributed by atoms with van der Waals surface area (Å²) in [7, 11) is 1.53. The smallest absolute Gasteiger partial charge is 0.276 e. The number of benzene rings is 2. The summed E-state index contributed by atoms with van der Waals surface area (Å²) < 4.78 is 18.7. The number of carbonyl (C=O) groups is 2. The molecule has 7 heteroatoms. The molecule has 2 aliphatic rings. The molecule has 1 spiro atoms. The molecule has 0 aromatic heterocycles. The van der Waals surface area contributed by atoms with E-state index < -0.39 is 17.4 Å². The van der Waals surface area contributed by atoms with Gasteiger partial charge in [0.2, 0.25) is 5.66 Å². The lowest BCUT2D eigenvalue weighted by Crippen LogP contribution is -2.62. The Morgan fingerprint density at radius 3 is 2.76 bits per heavy atom. The van der Waals surface area contributed by atoms with Gasteiger partial charge in [-0.15, -0.1) is 0 Å². The molecule has 0 unspecified atom stereocenters. The second-order valence-corrected chi connectivity index (χ2v) is 5.97. The second kappa shape index (κ2) is 5.56. The van der Waals surface area contributed by atoms with Crippen molar-refractivity contribution in [3.05, 3.63) is 59.4 Å². The Balaban J connectivity index is 1.92. The van der Waals surface area contributed by atoms with Crippen LogP contribution in [0, 0.1) is 5.82 Å². The van der Waals surface area contributed by atoms with E-state index in [0.29, 0.717) is 22.5 Å². The summed E-state index contributed by atoms with van der Waals surface area (Å²) in [5.41, 5.74) is 0.485. The van der Waals surface area contributed by atoms with Gasteiger partial charge in [0.15, 0.2) is 0 Å². The topological polar surface area (TPSA) is 70.7 Å². The van der Waals surface area contributed by atoms with Gasteiger partial charge in [-0.05, 0) is 30.3 Å². The van der Waals surface area contributed by atoms with Crippen molar-refractivity contribution in [2.45, 2.75) is 5.66 Å². The third-order valence-electron chi connectivity index (χ3n) is 4.59. The number of amides is 2. The summed E-state index contributed by atoms with van der Waals surface area (Å²) in [5.74, 6) is -1.16. The maximum Gasteiger partial charge on any atom is 0.276 e. The predicted octanol–water partition coefficient (Wildman–Crippen LogP) is 2.14. The average molecular weight is 341 g/mol. The molecule has 0 aliphatic carbocycles. The van der Waals surface area contributed by atoms with Crippen LogP contribution in [0.2, 0.25) is 0 Å². The fourth-order valence-corrected chi connectivity index (χ4v) is 3.45. The number of rotatable bonds is 3. The molecule has 2 aromatic rings. The number of methoxy groups -OCH3 is 1. The van der Waals surface area contributed by atoms with Gasteiger partial charge in [0.1, 0.15) is 5.82 Å². The average Bonchev–Trinajstić information content (AvgIpc) is 2.86. The Morgan fingerprint density at radius 2 is 1.96 bits per heavy atom. The lowest BCUT2D eigenvalue weighted by Gasteiger charge is -2.44. The zero-order valence-electron chi connectivity index (χ0n) is 13.5. The van der Waals surface area contributed by atoms with Crippen LogP contribution >= 0.6 is 0 Å². The van der Waals surface area contributed by atoms with Crippen molar-refractivity contribution in [2.24, 2.45) is 0 Å². The second-order valence-electron chi connectivity index (χ2n) is 5.97. The van der Waals surface area contributed by atoms with E-state index in [4.69, 9.17) is 4.74 Å². The molecule has 0 saturated carbocycles. The quantitative estimate of drug-likeness (QED) is 0.897. The SMILES string of the molecule is COCCN1C(=O)c2ccccc2N[C@@]12C(=O)Nc1cc(F)ccc12. The molecule has 2 aromatic carbocycles. The summed E-state index contributed by atoms with van der Waals surface area (Å²) in [5, 5.41) is 5.88. The molecule has 2 amide bonds. The van der Waals surface area contributed by atoms with E-state index in [1.807, 2.05) is 0 Å². The molecule has 2 N–H and O–H groups in total. The van der Waals surface area contributed by atoms with Crippen LogP contribution in [-0.2, 0) is 15.2 Å². The molecule has 6 nitrogen and oxygen atoms in total. The maximum absolute atomic E-state index is 13.6. The van der Waals surface area contributed by atoms with Crippen LogP contribution in [0.5, 0.6) is 0 Å². The van der Waals surface area contributed by atoms with Crippen molar-refractivity contribution in [1.82, 2.24) is 4.90 Å². The van der Waals surface area contributed by atoms with Gasteiger partial charge in [-0.1, -0.05) is 12.1 Å². The van der Waals surface area contributed by atoms with E-state index in [2.05, 4.69) is 10.6 Å². The summed E-state index contributed by atoms with van der Waals surface area (Å²) in [6.07, 6.45) is 0. The van der Waals surface area contributed by atoms with E-state index in [9.17, 15) is 14.0 Å². The number of ether oxygens (including phenoxy) is 1. The standard InChI is InChI=1S/C18H16FN3O3/c1-25-9-8-22-16(23)12-4-2-3-5-14(12)21-18(22)13-7-6-11(19)10-15(13)20-17(18)24/h2-7,10,21H,8-9H2,1H3,(H,20,24)/t18-/m1/s1. The molecule has 0 fully saturated rings. The largest absolute Gasteiger partial charge is 0.383 e. The number of fused-ring (bicyclic) bond motifs is 3. The number of nitrogens with one attached hydrogen (secondary N) is 2. The maximum atomic E-state index is 13.6. The highest BCUT2D eigenvalue weighted by Crippen LogP contribution is 2.45. The molecule has 25 heavy (non-hydrogen) atoms. The molecule has 4 rings (SSSR count). The highest BCUT2D eigenvalue weighted by molar-refractivity contribution is 6.14. The monoisotopic (exact) mass is 341 g/mol. The van der Waals surface area contributed by atoms with Crippen LogP contribution in [-0.4, -0.2) is 37.0 Å². The van der Waals surface area contributed by atoms with Crippen LogP contribution < -0.4 is 10.6 Å². The van der Waals surface area contributed by atoms with Crippen molar-refractivity contribution >= 4 is 23.2 Å². The summed E-state index contributed by atoms with van der Waals surface area (Å²) >= 11 is 0. The van der Waals surface area contributed by atoms with Crippen molar-refractivity contribution in [1.29, 1.82) is 0 Å². The molecule has 128 valence electrons. The molecule has 0 bridgehead atoms.